The van der Waals surface area contributed by atoms with E-state index in [0.29, 0.717) is 6.61 Å². The smallest absolute Gasteiger partial charge is 0.302 e. The lowest BCUT2D eigenvalue weighted by Crippen LogP contribution is -2.33. The molecule has 0 bridgehead atoms. The lowest BCUT2D eigenvalue weighted by molar-refractivity contribution is -0.884. The van der Waals surface area contributed by atoms with Crippen molar-refractivity contribution in [1.82, 2.24) is 0 Å². The van der Waals surface area contributed by atoms with E-state index in [9.17, 15) is 4.79 Å². The third kappa shape index (κ3) is 4.94. The molecule has 0 radical (unpaired) electrons. The fraction of sp³-hybridized carbons (Fsp3) is 0.462. The first-order valence-electron chi connectivity index (χ1n) is 5.38. The van der Waals surface area contributed by atoms with E-state index in [0.717, 1.165) is 16.6 Å². The number of carbonyl (C=O) groups is 1. The molecular weight excluding hydrogens is 202 g/mol. The Morgan fingerprint density at radius 3 is 2.44 bits per heavy atom. The van der Waals surface area contributed by atoms with Crippen LogP contribution in [0.3, 0.4) is 0 Å². The molecule has 0 aliphatic heterocycles. The zero-order chi connectivity index (χ0) is 12.2. The largest absolute Gasteiger partial charge is 0.461 e. The molecule has 0 saturated heterocycles. The Bertz CT molecular complexity index is 366. The number of quaternary nitrogens is 1. The number of nitrogens with zero attached hydrogens (tertiary/aromatic N) is 1. The lowest BCUT2D eigenvalue weighted by Gasteiger charge is -2.24. The van der Waals surface area contributed by atoms with Gasteiger partial charge in [-0.15, -0.1) is 0 Å². The summed E-state index contributed by atoms with van der Waals surface area (Å²) in [6.45, 7) is 2.75. The maximum atomic E-state index is 10.7. The summed E-state index contributed by atoms with van der Waals surface area (Å²) in [7, 11) is 6.45. The van der Waals surface area contributed by atoms with Gasteiger partial charge < -0.3 is 9.22 Å². The summed E-state index contributed by atoms with van der Waals surface area (Å²) in [5.74, 6) is -0.239. The minimum atomic E-state index is -0.239. The number of rotatable bonds is 4. The van der Waals surface area contributed by atoms with Crippen LogP contribution in [0.4, 0.5) is 0 Å². The van der Waals surface area contributed by atoms with Crippen LogP contribution in [0.15, 0.2) is 24.3 Å². The highest BCUT2D eigenvalue weighted by molar-refractivity contribution is 5.65. The Labute approximate surface area is 97.2 Å². The Morgan fingerprint density at radius 2 is 1.88 bits per heavy atom. The van der Waals surface area contributed by atoms with Gasteiger partial charge in [-0.3, -0.25) is 4.79 Å². The molecule has 0 heterocycles. The summed E-state index contributed by atoms with van der Waals surface area (Å²) in [6, 6.07) is 8.17. The second kappa shape index (κ2) is 5.12. The highest BCUT2D eigenvalue weighted by Crippen LogP contribution is 2.10. The minimum absolute atomic E-state index is 0.239. The molecule has 0 aromatic heterocycles. The van der Waals surface area contributed by atoms with Crippen molar-refractivity contribution >= 4 is 5.97 Å². The number of ether oxygens (including phenoxy) is 1. The van der Waals surface area contributed by atoms with Crippen LogP contribution in [-0.2, 0) is 22.7 Å². The Hall–Kier alpha value is -1.35. The van der Waals surface area contributed by atoms with E-state index in [2.05, 4.69) is 33.3 Å². The molecule has 88 valence electrons. The van der Waals surface area contributed by atoms with E-state index in [-0.39, 0.29) is 5.97 Å². The molecule has 1 rings (SSSR count). The lowest BCUT2D eigenvalue weighted by atomic mass is 10.1. The molecule has 1 aromatic rings. The highest BCUT2D eigenvalue weighted by atomic mass is 16.5. The van der Waals surface area contributed by atoms with Crippen LogP contribution in [0.5, 0.6) is 0 Å². The summed E-state index contributed by atoms with van der Waals surface area (Å²) in [4.78, 5) is 10.7. The summed E-state index contributed by atoms with van der Waals surface area (Å²) in [5, 5.41) is 0. The maximum absolute atomic E-state index is 10.7. The molecule has 0 amide bonds. The average Bonchev–Trinajstić information content (AvgIpc) is 2.12. The van der Waals surface area contributed by atoms with Crippen molar-refractivity contribution in [2.45, 2.75) is 20.1 Å². The van der Waals surface area contributed by atoms with Gasteiger partial charge in [0.1, 0.15) is 13.2 Å². The number of carbonyl (C=O) groups excluding carboxylic acids is 1. The average molecular weight is 222 g/mol. The van der Waals surface area contributed by atoms with Crippen molar-refractivity contribution in [2.75, 3.05) is 21.1 Å². The van der Waals surface area contributed by atoms with Gasteiger partial charge in [0.2, 0.25) is 0 Å². The SMILES string of the molecule is CC(=O)OCc1cccc(C[N+](C)(C)C)c1. The normalized spacial score (nSPS) is 11.2. The van der Waals surface area contributed by atoms with E-state index in [1.165, 1.54) is 12.5 Å². The molecule has 0 atom stereocenters. The van der Waals surface area contributed by atoms with Gasteiger partial charge in [0.25, 0.3) is 0 Å². The van der Waals surface area contributed by atoms with E-state index in [1.807, 2.05) is 12.1 Å². The standard InChI is InChI=1S/C13H20NO2/c1-11(15)16-10-13-7-5-6-12(8-13)9-14(2,3)4/h5-8H,9-10H2,1-4H3/q+1. The van der Waals surface area contributed by atoms with Gasteiger partial charge in [-0.1, -0.05) is 18.2 Å². The first-order chi connectivity index (χ1) is 7.37. The first-order valence-corrected chi connectivity index (χ1v) is 5.38. The van der Waals surface area contributed by atoms with Crippen LogP contribution in [0.1, 0.15) is 18.1 Å². The number of benzene rings is 1. The third-order valence-electron chi connectivity index (χ3n) is 2.09. The van der Waals surface area contributed by atoms with Gasteiger partial charge >= 0.3 is 5.97 Å². The molecule has 0 N–H and O–H groups in total. The number of hydrogen-bond donors (Lipinski definition) is 0. The molecule has 0 saturated carbocycles. The second-order valence-electron chi connectivity index (χ2n) is 5.05. The molecule has 3 heteroatoms. The highest BCUT2D eigenvalue weighted by Gasteiger charge is 2.08. The summed E-state index contributed by atoms with van der Waals surface area (Å²) < 4.78 is 5.85. The Balaban J connectivity index is 2.67. The van der Waals surface area contributed by atoms with E-state index in [1.54, 1.807) is 0 Å². The predicted octanol–water partition coefficient (Wildman–Crippen LogP) is 1.96. The van der Waals surface area contributed by atoms with Gasteiger partial charge in [-0.25, -0.2) is 0 Å². The van der Waals surface area contributed by atoms with E-state index < -0.39 is 0 Å². The van der Waals surface area contributed by atoms with Crippen molar-refractivity contribution < 1.29 is 14.0 Å². The van der Waals surface area contributed by atoms with Crippen molar-refractivity contribution in [3.8, 4) is 0 Å². The van der Waals surface area contributed by atoms with Crippen molar-refractivity contribution in [3.63, 3.8) is 0 Å². The molecule has 3 nitrogen and oxygen atoms in total. The summed E-state index contributed by atoms with van der Waals surface area (Å²) in [5.41, 5.74) is 2.30. The summed E-state index contributed by atoms with van der Waals surface area (Å²) >= 11 is 0. The van der Waals surface area contributed by atoms with E-state index >= 15 is 0 Å². The van der Waals surface area contributed by atoms with Crippen LogP contribution >= 0.6 is 0 Å². The van der Waals surface area contributed by atoms with Crippen LogP contribution in [0.25, 0.3) is 0 Å². The Morgan fingerprint density at radius 1 is 1.25 bits per heavy atom. The van der Waals surface area contributed by atoms with Crippen molar-refractivity contribution in [2.24, 2.45) is 0 Å². The molecule has 0 spiro atoms. The zero-order valence-electron chi connectivity index (χ0n) is 10.5. The monoisotopic (exact) mass is 222 g/mol. The van der Waals surface area contributed by atoms with Gasteiger partial charge in [0.05, 0.1) is 21.1 Å². The maximum Gasteiger partial charge on any atom is 0.302 e. The van der Waals surface area contributed by atoms with Crippen molar-refractivity contribution in [1.29, 1.82) is 0 Å². The molecule has 0 unspecified atom stereocenters. The molecule has 0 fully saturated rings. The van der Waals surface area contributed by atoms with Gasteiger partial charge in [0.15, 0.2) is 0 Å². The van der Waals surface area contributed by atoms with Gasteiger partial charge in [-0.2, -0.15) is 0 Å². The molecule has 1 aromatic carbocycles. The number of esters is 1. The quantitative estimate of drug-likeness (QED) is 0.575. The van der Waals surface area contributed by atoms with Gasteiger partial charge in [-0.05, 0) is 11.6 Å². The topological polar surface area (TPSA) is 26.3 Å². The molecule has 16 heavy (non-hydrogen) atoms. The van der Waals surface area contributed by atoms with Gasteiger partial charge in [0, 0.05) is 12.5 Å². The van der Waals surface area contributed by atoms with Crippen molar-refractivity contribution in [3.05, 3.63) is 35.4 Å². The number of hydrogen-bond acceptors (Lipinski definition) is 2. The summed E-state index contributed by atoms with van der Waals surface area (Å²) in [6.07, 6.45) is 0. The molecule has 0 aliphatic carbocycles. The van der Waals surface area contributed by atoms with Crippen LogP contribution in [0, 0.1) is 0 Å². The second-order valence-corrected chi connectivity index (χ2v) is 5.05. The first kappa shape index (κ1) is 12.7. The van der Waals surface area contributed by atoms with E-state index in [4.69, 9.17) is 4.74 Å². The minimum Gasteiger partial charge on any atom is -0.461 e. The fourth-order valence-corrected chi connectivity index (χ4v) is 1.55. The zero-order valence-corrected chi connectivity index (χ0v) is 10.5. The Kier molecular flexibility index (Phi) is 4.07. The van der Waals surface area contributed by atoms with Crippen LogP contribution in [-0.4, -0.2) is 31.6 Å². The van der Waals surface area contributed by atoms with Crippen LogP contribution < -0.4 is 0 Å². The predicted molar refractivity (Wildman–Crippen MR) is 63.6 cm³/mol. The molecule has 0 aliphatic rings. The van der Waals surface area contributed by atoms with Crippen LogP contribution in [0.2, 0.25) is 0 Å². The molecular formula is C13H20NO2+. The fourth-order valence-electron chi connectivity index (χ4n) is 1.55. The third-order valence-corrected chi connectivity index (χ3v) is 2.09.